The van der Waals surface area contributed by atoms with Gasteiger partial charge in [0.1, 0.15) is 0 Å². The average Bonchev–Trinajstić information content (AvgIpc) is 2.41. The van der Waals surface area contributed by atoms with Crippen LogP contribution in [0.15, 0.2) is 24.3 Å². The van der Waals surface area contributed by atoms with Gasteiger partial charge in [0, 0.05) is 17.3 Å². The summed E-state index contributed by atoms with van der Waals surface area (Å²) in [7, 11) is 0. The van der Waals surface area contributed by atoms with Crippen molar-refractivity contribution in [1.82, 2.24) is 5.32 Å². The molecule has 20 heavy (non-hydrogen) atoms. The van der Waals surface area contributed by atoms with E-state index in [1.165, 1.54) is 25.7 Å². The second-order valence-corrected chi connectivity index (χ2v) is 6.01. The number of thiocarbonyl (C=S) groups is 1. The summed E-state index contributed by atoms with van der Waals surface area (Å²) in [6, 6.07) is 7.89. The first-order chi connectivity index (χ1) is 9.56. The van der Waals surface area contributed by atoms with Crippen LogP contribution in [-0.4, -0.2) is 16.9 Å². The Kier molecular flexibility index (Phi) is 5.12. The Hall–Kier alpha value is -1.42. The lowest BCUT2D eigenvalue weighted by Gasteiger charge is -2.30. The van der Waals surface area contributed by atoms with Crippen LogP contribution in [0.4, 0.5) is 5.69 Å². The Balaban J connectivity index is 1.94. The Bertz CT molecular complexity index is 501. The van der Waals surface area contributed by atoms with Gasteiger partial charge in [-0.25, -0.2) is 0 Å². The van der Waals surface area contributed by atoms with Crippen LogP contribution in [0, 0.1) is 5.92 Å². The fourth-order valence-electron chi connectivity index (χ4n) is 2.68. The van der Waals surface area contributed by atoms with Gasteiger partial charge in [0.05, 0.1) is 0 Å². The van der Waals surface area contributed by atoms with E-state index in [0.717, 1.165) is 5.69 Å². The molecule has 1 saturated carbocycles. The van der Waals surface area contributed by atoms with Gasteiger partial charge in [-0.05, 0) is 50.0 Å². The van der Waals surface area contributed by atoms with Crippen molar-refractivity contribution in [2.24, 2.45) is 5.92 Å². The van der Waals surface area contributed by atoms with Gasteiger partial charge in [-0.3, -0.25) is 4.79 Å². The fraction of sp³-hybridized carbons (Fsp3) is 0.500. The molecule has 0 heterocycles. The van der Waals surface area contributed by atoms with Crippen LogP contribution in [-0.2, 0) is 0 Å². The first-order valence-corrected chi connectivity index (χ1v) is 7.65. The molecular weight excluding hydrogens is 268 g/mol. The quantitative estimate of drug-likeness (QED) is 0.657. The van der Waals surface area contributed by atoms with Crippen LogP contribution < -0.4 is 10.6 Å². The van der Waals surface area contributed by atoms with E-state index < -0.39 is 0 Å². The molecule has 1 aromatic rings. The number of hydrogen-bond donors (Lipinski definition) is 2. The molecule has 1 fully saturated rings. The zero-order chi connectivity index (χ0) is 14.5. The van der Waals surface area contributed by atoms with Crippen molar-refractivity contribution < 1.29 is 4.79 Å². The molecule has 1 aromatic carbocycles. The third kappa shape index (κ3) is 4.04. The molecule has 2 atom stereocenters. The van der Waals surface area contributed by atoms with Crippen LogP contribution in [0.5, 0.6) is 0 Å². The van der Waals surface area contributed by atoms with Crippen LogP contribution in [0.2, 0.25) is 0 Å². The van der Waals surface area contributed by atoms with Gasteiger partial charge in [-0.2, -0.15) is 0 Å². The van der Waals surface area contributed by atoms with E-state index in [2.05, 4.69) is 17.6 Å². The fourth-order valence-corrected chi connectivity index (χ4v) is 2.95. The Morgan fingerprint density at radius 1 is 1.30 bits per heavy atom. The van der Waals surface area contributed by atoms with E-state index >= 15 is 0 Å². The maximum Gasteiger partial charge on any atom is 0.171 e. The number of nitrogens with one attached hydrogen (secondary N) is 2. The summed E-state index contributed by atoms with van der Waals surface area (Å²) >= 11 is 5.37. The first-order valence-electron chi connectivity index (χ1n) is 7.25. The van der Waals surface area contributed by atoms with Crippen molar-refractivity contribution in [3.05, 3.63) is 29.8 Å². The SMILES string of the molecule is CC(=O)c1cccc(NC(=S)N[C@H]2CCCC[C@H]2C)c1. The number of hydrogen-bond acceptors (Lipinski definition) is 2. The molecule has 2 N–H and O–H groups in total. The van der Waals surface area contributed by atoms with Crippen molar-refractivity contribution in [1.29, 1.82) is 0 Å². The average molecular weight is 290 g/mol. The van der Waals surface area contributed by atoms with Crippen LogP contribution in [0.1, 0.15) is 49.9 Å². The third-order valence-electron chi connectivity index (χ3n) is 3.95. The molecule has 0 amide bonds. The second-order valence-electron chi connectivity index (χ2n) is 5.60. The first kappa shape index (κ1) is 15.0. The zero-order valence-corrected chi connectivity index (χ0v) is 12.9. The molecule has 0 saturated heterocycles. The number of carbonyl (C=O) groups excluding carboxylic acids is 1. The van der Waals surface area contributed by atoms with Crippen LogP contribution >= 0.6 is 12.2 Å². The van der Waals surface area contributed by atoms with Gasteiger partial charge in [0.15, 0.2) is 10.9 Å². The monoisotopic (exact) mass is 290 g/mol. The predicted octanol–water partition coefficient (Wildman–Crippen LogP) is 3.75. The highest BCUT2D eigenvalue weighted by Crippen LogP contribution is 2.23. The zero-order valence-electron chi connectivity index (χ0n) is 12.1. The number of carbonyl (C=O) groups is 1. The summed E-state index contributed by atoms with van der Waals surface area (Å²) in [5.41, 5.74) is 1.56. The topological polar surface area (TPSA) is 41.1 Å². The predicted molar refractivity (Wildman–Crippen MR) is 87.2 cm³/mol. The molecule has 0 radical (unpaired) electrons. The summed E-state index contributed by atoms with van der Waals surface area (Å²) < 4.78 is 0. The third-order valence-corrected chi connectivity index (χ3v) is 4.17. The highest BCUT2D eigenvalue weighted by molar-refractivity contribution is 7.80. The molecule has 0 aliphatic heterocycles. The van der Waals surface area contributed by atoms with E-state index in [0.29, 0.717) is 22.6 Å². The molecular formula is C16H22N2OS. The van der Waals surface area contributed by atoms with Gasteiger partial charge in [0.2, 0.25) is 0 Å². The summed E-state index contributed by atoms with van der Waals surface area (Å²) in [5.74, 6) is 0.723. The molecule has 0 unspecified atom stereocenters. The van der Waals surface area contributed by atoms with E-state index in [1.807, 2.05) is 24.3 Å². The van der Waals surface area contributed by atoms with Crippen molar-refractivity contribution >= 4 is 28.8 Å². The maximum atomic E-state index is 11.4. The Morgan fingerprint density at radius 3 is 2.75 bits per heavy atom. The Labute approximate surface area is 126 Å². The van der Waals surface area contributed by atoms with E-state index in [9.17, 15) is 4.79 Å². The van der Waals surface area contributed by atoms with Crippen molar-refractivity contribution in [3.8, 4) is 0 Å². The molecule has 2 rings (SSSR count). The smallest absolute Gasteiger partial charge is 0.171 e. The minimum atomic E-state index is 0.0634. The standard InChI is InChI=1S/C16H22N2OS/c1-11-6-3-4-9-15(11)18-16(20)17-14-8-5-7-13(10-14)12(2)19/h5,7-8,10-11,15H,3-4,6,9H2,1-2H3,(H2,17,18,20)/t11-,15+/m1/s1. The van der Waals surface area contributed by atoms with Crippen molar-refractivity contribution in [3.63, 3.8) is 0 Å². The number of Topliss-reactive ketones (excluding diaryl/α,β-unsaturated/α-hetero) is 1. The number of anilines is 1. The largest absolute Gasteiger partial charge is 0.359 e. The summed E-state index contributed by atoms with van der Waals surface area (Å²) in [6.07, 6.45) is 5.03. The normalized spacial score (nSPS) is 22.1. The second kappa shape index (κ2) is 6.84. The highest BCUT2D eigenvalue weighted by Gasteiger charge is 2.21. The van der Waals surface area contributed by atoms with Gasteiger partial charge in [0.25, 0.3) is 0 Å². The molecule has 4 heteroatoms. The number of benzene rings is 1. The van der Waals surface area contributed by atoms with Crippen LogP contribution in [0.25, 0.3) is 0 Å². The lowest BCUT2D eigenvalue weighted by Crippen LogP contribution is -2.43. The highest BCUT2D eigenvalue weighted by atomic mass is 32.1. The molecule has 1 aliphatic rings. The van der Waals surface area contributed by atoms with Gasteiger partial charge in [-0.1, -0.05) is 31.9 Å². The summed E-state index contributed by atoms with van der Waals surface area (Å²) in [4.78, 5) is 11.4. The molecule has 0 aromatic heterocycles. The molecule has 0 bridgehead atoms. The van der Waals surface area contributed by atoms with Crippen LogP contribution in [0.3, 0.4) is 0 Å². The Morgan fingerprint density at radius 2 is 2.05 bits per heavy atom. The molecule has 108 valence electrons. The molecule has 0 spiro atoms. The summed E-state index contributed by atoms with van der Waals surface area (Å²) in [6.45, 7) is 3.84. The molecule has 1 aliphatic carbocycles. The van der Waals surface area contributed by atoms with E-state index in [-0.39, 0.29) is 5.78 Å². The van der Waals surface area contributed by atoms with E-state index in [1.54, 1.807) is 6.92 Å². The van der Waals surface area contributed by atoms with Crippen molar-refractivity contribution in [2.45, 2.75) is 45.6 Å². The lowest BCUT2D eigenvalue weighted by atomic mass is 9.86. The van der Waals surface area contributed by atoms with Gasteiger partial charge < -0.3 is 10.6 Å². The minimum absolute atomic E-state index is 0.0634. The lowest BCUT2D eigenvalue weighted by molar-refractivity contribution is 0.101. The minimum Gasteiger partial charge on any atom is -0.359 e. The number of rotatable bonds is 3. The van der Waals surface area contributed by atoms with Gasteiger partial charge in [-0.15, -0.1) is 0 Å². The summed E-state index contributed by atoms with van der Waals surface area (Å²) in [5, 5.41) is 7.22. The van der Waals surface area contributed by atoms with Crippen molar-refractivity contribution in [2.75, 3.05) is 5.32 Å². The number of ketones is 1. The molecule has 3 nitrogen and oxygen atoms in total. The van der Waals surface area contributed by atoms with E-state index in [4.69, 9.17) is 12.2 Å². The maximum absolute atomic E-state index is 11.4. The van der Waals surface area contributed by atoms with Gasteiger partial charge >= 0.3 is 0 Å².